The molecule has 1 atom stereocenters. The summed E-state index contributed by atoms with van der Waals surface area (Å²) in [6.07, 6.45) is -3.53. The van der Waals surface area contributed by atoms with Crippen molar-refractivity contribution in [2.75, 3.05) is 6.50 Å². The van der Waals surface area contributed by atoms with E-state index in [1.807, 2.05) is 0 Å². The summed E-state index contributed by atoms with van der Waals surface area (Å²) in [6.45, 7) is 10.2. The molecule has 0 fully saturated rings. The Morgan fingerprint density at radius 2 is 2.33 bits per heavy atom. The number of rotatable bonds is 7. The third kappa shape index (κ3) is 3.94. The standard InChI is InChI=1S/C24H26N4O2/c1-5-13-26-20-11-10-17-18(20)7-6-8-19(17)23-27-24(30-28-23)16-9-12-22(29-15(2)3)21(14-16)25-4/h6-9,12,14-15,20,26H,5,10-11,13H2,1-3H3/t20-/m0/s1/i6D,7D,8D,9D,10D2,12D,13D2,14D,20D. The van der Waals surface area contributed by atoms with Crippen LogP contribution in [0, 0.1) is 6.57 Å². The fourth-order valence-corrected chi connectivity index (χ4v) is 2.86. The van der Waals surface area contributed by atoms with E-state index in [4.69, 9.17) is 30.9 Å². The van der Waals surface area contributed by atoms with Gasteiger partial charge in [0, 0.05) is 24.0 Å². The van der Waals surface area contributed by atoms with Crippen LogP contribution < -0.4 is 10.1 Å². The van der Waals surface area contributed by atoms with Crippen LogP contribution in [0.15, 0.2) is 40.8 Å². The first-order valence-electron chi connectivity index (χ1n) is 14.9. The van der Waals surface area contributed by atoms with E-state index in [-0.39, 0.29) is 40.1 Å². The van der Waals surface area contributed by atoms with Crippen LogP contribution in [0.3, 0.4) is 0 Å². The van der Waals surface area contributed by atoms with Crippen molar-refractivity contribution in [1.82, 2.24) is 15.5 Å². The summed E-state index contributed by atoms with van der Waals surface area (Å²) >= 11 is 0. The first kappa shape index (κ1) is 10.7. The molecule has 1 aliphatic rings. The monoisotopic (exact) mass is 413 g/mol. The number of hydrogen-bond acceptors (Lipinski definition) is 5. The molecule has 30 heavy (non-hydrogen) atoms. The van der Waals surface area contributed by atoms with Gasteiger partial charge in [0.1, 0.15) is 5.75 Å². The van der Waals surface area contributed by atoms with Crippen LogP contribution in [0.25, 0.3) is 27.7 Å². The van der Waals surface area contributed by atoms with E-state index in [9.17, 15) is 0 Å². The van der Waals surface area contributed by atoms with Gasteiger partial charge in [0.05, 0.1) is 20.9 Å². The Morgan fingerprint density at radius 3 is 3.10 bits per heavy atom. The first-order valence-corrected chi connectivity index (χ1v) is 9.37. The molecular formula is C24H26N4O2. The SMILES string of the molecule is [2H]c1c([2H])c(-c2noc(-c3c([2H])c([2H])c(OC(C)C)c([N+]#[C-])c3[2H])n2)c2c(c1[2H])[C@@]([2H])(NC([2H])([2H])CC)CC2([2H])[2H]. The number of aromatic nitrogens is 2. The molecule has 2 aromatic carbocycles. The number of benzene rings is 2. The molecule has 1 aliphatic carbocycles. The second kappa shape index (κ2) is 8.68. The second-order valence-electron chi connectivity index (χ2n) is 6.62. The first-order chi connectivity index (χ1) is 18.9. The summed E-state index contributed by atoms with van der Waals surface area (Å²) in [5, 5.41) is 6.27. The Balaban J connectivity index is 1.97. The van der Waals surface area contributed by atoms with Crippen LogP contribution in [-0.2, 0) is 6.37 Å². The van der Waals surface area contributed by atoms with E-state index >= 15 is 0 Å². The molecule has 1 aromatic heterocycles. The number of ether oxygens (including phenoxy) is 1. The fraction of sp³-hybridized carbons (Fsp3) is 0.375. The Bertz CT molecular complexity index is 1600. The highest BCUT2D eigenvalue weighted by atomic mass is 16.5. The lowest BCUT2D eigenvalue weighted by Gasteiger charge is -2.13. The number of nitrogens with one attached hydrogen (secondary N) is 1. The average molecular weight is 414 g/mol. The molecule has 0 saturated heterocycles. The number of hydrogen-bond donors (Lipinski definition) is 1. The van der Waals surface area contributed by atoms with E-state index in [1.165, 1.54) is 6.92 Å². The summed E-state index contributed by atoms with van der Waals surface area (Å²) < 4.78 is 104. The smallest absolute Gasteiger partial charge is 0.256 e. The molecule has 6 heteroatoms. The lowest BCUT2D eigenvalue weighted by atomic mass is 10.0. The minimum absolute atomic E-state index is 0.0683. The fourth-order valence-electron chi connectivity index (χ4n) is 2.86. The van der Waals surface area contributed by atoms with Gasteiger partial charge in [-0.1, -0.05) is 30.2 Å². The van der Waals surface area contributed by atoms with Crippen LogP contribution in [-0.4, -0.2) is 22.7 Å². The quantitative estimate of drug-likeness (QED) is 0.501. The van der Waals surface area contributed by atoms with Crippen molar-refractivity contribution in [3.05, 3.63) is 58.8 Å². The summed E-state index contributed by atoms with van der Waals surface area (Å²) in [5.41, 5.74) is -1.74. The van der Waals surface area contributed by atoms with Crippen molar-refractivity contribution >= 4 is 5.69 Å². The maximum atomic E-state index is 8.95. The topological polar surface area (TPSA) is 64.5 Å². The van der Waals surface area contributed by atoms with Crippen molar-refractivity contribution in [3.63, 3.8) is 0 Å². The van der Waals surface area contributed by atoms with Crippen molar-refractivity contribution in [1.29, 1.82) is 0 Å². The van der Waals surface area contributed by atoms with Gasteiger partial charge >= 0.3 is 0 Å². The van der Waals surface area contributed by atoms with E-state index in [0.717, 1.165) is 0 Å². The molecule has 0 aliphatic heterocycles. The van der Waals surface area contributed by atoms with Crippen LogP contribution in [0.1, 0.15) is 65.8 Å². The number of fused-ring (bicyclic) bond motifs is 1. The predicted molar refractivity (Wildman–Crippen MR) is 117 cm³/mol. The van der Waals surface area contributed by atoms with Gasteiger partial charge in [-0.05, 0) is 68.8 Å². The van der Waals surface area contributed by atoms with Crippen LogP contribution in [0.2, 0.25) is 0 Å². The normalized spacial score (nSPS) is 25.1. The van der Waals surface area contributed by atoms with Crippen molar-refractivity contribution in [3.8, 4) is 28.6 Å². The predicted octanol–water partition coefficient (Wildman–Crippen LogP) is 5.73. The zero-order valence-corrected chi connectivity index (χ0v) is 16.6. The van der Waals surface area contributed by atoms with Gasteiger partial charge in [0.25, 0.3) is 5.89 Å². The molecule has 0 amide bonds. The lowest BCUT2D eigenvalue weighted by Crippen LogP contribution is -2.19. The molecule has 6 nitrogen and oxygen atoms in total. The summed E-state index contributed by atoms with van der Waals surface area (Å²) in [7, 11) is 0. The largest absolute Gasteiger partial charge is 0.502 e. The zero-order valence-electron chi connectivity index (χ0n) is 27.6. The molecule has 154 valence electrons. The van der Waals surface area contributed by atoms with Crippen molar-refractivity contribution < 1.29 is 24.3 Å². The molecule has 0 saturated carbocycles. The van der Waals surface area contributed by atoms with Crippen LogP contribution in [0.4, 0.5) is 5.69 Å². The van der Waals surface area contributed by atoms with E-state index in [1.54, 1.807) is 13.8 Å². The minimum Gasteiger partial charge on any atom is -0.502 e. The van der Waals surface area contributed by atoms with Crippen molar-refractivity contribution in [2.24, 2.45) is 0 Å². The Kier molecular flexibility index (Phi) is 3.11. The molecule has 0 unspecified atom stereocenters. The molecule has 1 N–H and O–H groups in total. The molecule has 0 radical (unpaired) electrons. The third-order valence-electron chi connectivity index (χ3n) is 4.12. The van der Waals surface area contributed by atoms with Crippen molar-refractivity contribution in [2.45, 2.75) is 52.1 Å². The summed E-state index contributed by atoms with van der Waals surface area (Å²) in [5.74, 6) is -1.15. The van der Waals surface area contributed by atoms with Crippen LogP contribution >= 0.6 is 0 Å². The van der Waals surface area contributed by atoms with Gasteiger partial charge < -0.3 is 14.6 Å². The maximum absolute atomic E-state index is 8.95. The molecule has 0 spiro atoms. The Hall–Kier alpha value is -3.17. The highest BCUT2D eigenvalue weighted by Gasteiger charge is 2.26. The van der Waals surface area contributed by atoms with Gasteiger partial charge in [-0.25, -0.2) is 4.85 Å². The Morgan fingerprint density at radius 1 is 1.47 bits per heavy atom. The zero-order chi connectivity index (χ0) is 30.8. The average Bonchev–Trinajstić information content (AvgIpc) is 3.41. The Labute approximate surface area is 192 Å². The van der Waals surface area contributed by atoms with Gasteiger partial charge in [-0.3, -0.25) is 0 Å². The summed E-state index contributed by atoms with van der Waals surface area (Å²) in [6, 6.07) is -5.63. The molecule has 3 aromatic rings. The highest BCUT2D eigenvalue weighted by Crippen LogP contribution is 2.38. The number of nitrogens with zero attached hydrogens (tertiary/aromatic N) is 3. The molecular weight excluding hydrogens is 376 g/mol. The van der Waals surface area contributed by atoms with Crippen LogP contribution in [0.5, 0.6) is 5.75 Å². The maximum Gasteiger partial charge on any atom is 0.256 e. The molecule has 0 bridgehead atoms. The van der Waals surface area contributed by atoms with Gasteiger partial charge in [0.2, 0.25) is 11.5 Å². The minimum atomic E-state index is -2.38. The van der Waals surface area contributed by atoms with Gasteiger partial charge in [-0.15, -0.1) is 0 Å². The molecule has 4 rings (SSSR count). The van der Waals surface area contributed by atoms with Gasteiger partial charge in [0.15, 0.2) is 0 Å². The van der Waals surface area contributed by atoms with E-state index < -0.39 is 79.4 Å². The van der Waals surface area contributed by atoms with Gasteiger partial charge in [-0.2, -0.15) is 4.98 Å². The second-order valence-corrected chi connectivity index (χ2v) is 6.62. The summed E-state index contributed by atoms with van der Waals surface area (Å²) in [4.78, 5) is 7.45. The molecule has 1 heterocycles. The highest BCUT2D eigenvalue weighted by molar-refractivity contribution is 5.70. The third-order valence-corrected chi connectivity index (χ3v) is 4.12. The lowest BCUT2D eigenvalue weighted by molar-refractivity contribution is 0.244. The van der Waals surface area contributed by atoms with E-state index in [0.29, 0.717) is 0 Å². The van der Waals surface area contributed by atoms with E-state index in [2.05, 4.69) is 20.3 Å².